The monoisotopic (exact) mass is 301 g/mol. The molecule has 21 heavy (non-hydrogen) atoms. The fourth-order valence-corrected chi connectivity index (χ4v) is 3.33. The van der Waals surface area contributed by atoms with Crippen LogP contribution in [-0.2, 0) is 6.54 Å². The minimum Gasteiger partial charge on any atom is -0.387 e. The zero-order valence-corrected chi connectivity index (χ0v) is 13.0. The van der Waals surface area contributed by atoms with Crippen molar-refractivity contribution < 1.29 is 5.11 Å². The number of rotatable bonds is 5. The third kappa shape index (κ3) is 3.00. The molecule has 0 radical (unpaired) electrons. The second kappa shape index (κ2) is 5.97. The number of aliphatic hydroxyl groups excluding tert-OH is 1. The zero-order valence-electron chi connectivity index (χ0n) is 12.2. The van der Waals surface area contributed by atoms with E-state index in [9.17, 15) is 5.11 Å². The summed E-state index contributed by atoms with van der Waals surface area (Å²) in [6, 6.07) is 9.72. The molecule has 1 unspecified atom stereocenters. The van der Waals surface area contributed by atoms with Gasteiger partial charge < -0.3 is 10.4 Å². The second-order valence-corrected chi connectivity index (χ2v) is 6.41. The van der Waals surface area contributed by atoms with Gasteiger partial charge in [-0.15, -0.1) is 11.3 Å². The largest absolute Gasteiger partial charge is 0.387 e. The summed E-state index contributed by atoms with van der Waals surface area (Å²) < 4.78 is 2.14. The summed E-state index contributed by atoms with van der Waals surface area (Å²) in [4.78, 5) is 6.85. The maximum absolute atomic E-state index is 10.2. The minimum atomic E-state index is -0.487. The van der Waals surface area contributed by atoms with E-state index in [4.69, 9.17) is 0 Å². The molecule has 0 fully saturated rings. The van der Waals surface area contributed by atoms with Gasteiger partial charge in [-0.05, 0) is 19.4 Å². The van der Waals surface area contributed by atoms with Gasteiger partial charge in [0.1, 0.15) is 0 Å². The van der Waals surface area contributed by atoms with Crippen molar-refractivity contribution >= 4 is 16.3 Å². The fraction of sp³-hybridized carbons (Fsp3) is 0.312. The Bertz CT molecular complexity index is 733. The number of aryl methyl sites for hydroxylation is 2. The highest BCUT2D eigenvalue weighted by Gasteiger charge is 2.12. The highest BCUT2D eigenvalue weighted by Crippen LogP contribution is 2.20. The lowest BCUT2D eigenvalue weighted by Crippen LogP contribution is -2.22. The second-order valence-electron chi connectivity index (χ2n) is 5.20. The maximum Gasteiger partial charge on any atom is 0.194 e. The molecule has 0 aliphatic rings. The third-order valence-electron chi connectivity index (χ3n) is 3.56. The standard InChI is InChI=1S/C16H19N3OS/c1-11-10-19-14(12(2)18-16(19)21-11)8-17-9-15(20)13-6-4-3-5-7-13/h3-7,10,15,17,20H,8-9H2,1-2H3. The first-order valence-corrected chi connectivity index (χ1v) is 7.84. The Morgan fingerprint density at radius 2 is 2.05 bits per heavy atom. The molecule has 0 bridgehead atoms. The highest BCUT2D eigenvalue weighted by atomic mass is 32.1. The van der Waals surface area contributed by atoms with Crippen LogP contribution in [0.4, 0.5) is 0 Å². The lowest BCUT2D eigenvalue weighted by Gasteiger charge is -2.12. The molecule has 3 rings (SSSR count). The summed E-state index contributed by atoms with van der Waals surface area (Å²) in [6.07, 6.45) is 1.63. The van der Waals surface area contributed by atoms with E-state index in [1.807, 2.05) is 37.3 Å². The van der Waals surface area contributed by atoms with Gasteiger partial charge in [0, 0.05) is 24.2 Å². The lowest BCUT2D eigenvalue weighted by atomic mass is 10.1. The van der Waals surface area contributed by atoms with Crippen LogP contribution in [0.5, 0.6) is 0 Å². The summed E-state index contributed by atoms with van der Waals surface area (Å²) >= 11 is 1.70. The van der Waals surface area contributed by atoms with Crippen molar-refractivity contribution in [1.82, 2.24) is 14.7 Å². The molecule has 4 nitrogen and oxygen atoms in total. The SMILES string of the molecule is Cc1cn2c(CNCC(O)c3ccccc3)c(C)nc2s1. The van der Waals surface area contributed by atoms with Gasteiger partial charge in [0.2, 0.25) is 0 Å². The number of fused-ring (bicyclic) bond motifs is 1. The molecule has 0 saturated heterocycles. The molecule has 5 heteroatoms. The van der Waals surface area contributed by atoms with Crippen molar-refractivity contribution in [2.75, 3.05) is 6.54 Å². The highest BCUT2D eigenvalue weighted by molar-refractivity contribution is 7.17. The van der Waals surface area contributed by atoms with Gasteiger partial charge in [-0.3, -0.25) is 4.40 Å². The van der Waals surface area contributed by atoms with Gasteiger partial charge in [0.15, 0.2) is 4.96 Å². The van der Waals surface area contributed by atoms with Crippen LogP contribution in [0.1, 0.15) is 27.9 Å². The first kappa shape index (κ1) is 14.3. The number of hydrogen-bond donors (Lipinski definition) is 2. The molecule has 110 valence electrons. The van der Waals surface area contributed by atoms with Gasteiger partial charge in [-0.25, -0.2) is 4.98 Å². The quantitative estimate of drug-likeness (QED) is 0.762. The van der Waals surface area contributed by atoms with Crippen LogP contribution in [0.15, 0.2) is 36.5 Å². The zero-order chi connectivity index (χ0) is 14.8. The van der Waals surface area contributed by atoms with Crippen LogP contribution < -0.4 is 5.32 Å². The van der Waals surface area contributed by atoms with Gasteiger partial charge in [0.05, 0.1) is 17.5 Å². The van der Waals surface area contributed by atoms with Gasteiger partial charge >= 0.3 is 0 Å². The van der Waals surface area contributed by atoms with E-state index in [1.165, 1.54) is 4.88 Å². The summed E-state index contributed by atoms with van der Waals surface area (Å²) in [5.74, 6) is 0. The average Bonchev–Trinajstić information content (AvgIpc) is 2.96. The van der Waals surface area contributed by atoms with Gasteiger partial charge in [0.25, 0.3) is 0 Å². The summed E-state index contributed by atoms with van der Waals surface area (Å²) in [6.45, 7) is 5.34. The Hall–Kier alpha value is -1.69. The topological polar surface area (TPSA) is 49.6 Å². The predicted molar refractivity (Wildman–Crippen MR) is 85.7 cm³/mol. The summed E-state index contributed by atoms with van der Waals surface area (Å²) in [7, 11) is 0. The number of benzene rings is 1. The maximum atomic E-state index is 10.2. The van der Waals surface area contributed by atoms with Gasteiger partial charge in [-0.1, -0.05) is 30.3 Å². The fourth-order valence-electron chi connectivity index (χ4n) is 2.44. The molecule has 1 atom stereocenters. The van der Waals surface area contributed by atoms with Crippen molar-refractivity contribution in [3.05, 3.63) is 58.4 Å². The first-order chi connectivity index (χ1) is 10.1. The molecule has 0 saturated carbocycles. The summed E-state index contributed by atoms with van der Waals surface area (Å²) in [5, 5.41) is 13.5. The molecule has 2 aromatic heterocycles. The number of nitrogens with one attached hydrogen (secondary N) is 1. The number of hydrogen-bond acceptors (Lipinski definition) is 4. The number of nitrogens with zero attached hydrogens (tertiary/aromatic N) is 2. The number of imidazole rings is 1. The van der Waals surface area contributed by atoms with Crippen molar-refractivity contribution in [3.63, 3.8) is 0 Å². The van der Waals surface area contributed by atoms with E-state index < -0.39 is 6.10 Å². The normalized spacial score (nSPS) is 12.9. The Balaban J connectivity index is 1.65. The molecule has 0 spiro atoms. The van der Waals surface area contributed by atoms with Crippen LogP contribution in [-0.4, -0.2) is 21.0 Å². The Labute approximate surface area is 128 Å². The Morgan fingerprint density at radius 3 is 2.81 bits per heavy atom. The molecule has 0 aliphatic carbocycles. The van der Waals surface area contributed by atoms with E-state index in [-0.39, 0.29) is 0 Å². The number of aliphatic hydroxyl groups is 1. The van der Waals surface area contributed by atoms with E-state index in [0.29, 0.717) is 13.1 Å². The van der Waals surface area contributed by atoms with E-state index >= 15 is 0 Å². The number of aromatic nitrogens is 2. The predicted octanol–water partition coefficient (Wildman–Crippen LogP) is 2.84. The van der Waals surface area contributed by atoms with Crippen LogP contribution in [0.25, 0.3) is 4.96 Å². The Morgan fingerprint density at radius 1 is 1.29 bits per heavy atom. The molecule has 2 N–H and O–H groups in total. The van der Waals surface area contributed by atoms with Crippen LogP contribution in [0.3, 0.4) is 0 Å². The van der Waals surface area contributed by atoms with Crippen molar-refractivity contribution in [2.45, 2.75) is 26.5 Å². The van der Waals surface area contributed by atoms with E-state index in [1.54, 1.807) is 11.3 Å². The molecular weight excluding hydrogens is 282 g/mol. The average molecular weight is 301 g/mol. The molecular formula is C16H19N3OS. The third-order valence-corrected chi connectivity index (χ3v) is 4.45. The van der Waals surface area contributed by atoms with Crippen LogP contribution >= 0.6 is 11.3 Å². The smallest absolute Gasteiger partial charge is 0.194 e. The first-order valence-electron chi connectivity index (χ1n) is 7.03. The van der Waals surface area contributed by atoms with Crippen LogP contribution in [0.2, 0.25) is 0 Å². The molecule has 0 amide bonds. The van der Waals surface area contributed by atoms with Crippen molar-refractivity contribution in [2.24, 2.45) is 0 Å². The number of thiazole rings is 1. The van der Waals surface area contributed by atoms with E-state index in [0.717, 1.165) is 21.9 Å². The van der Waals surface area contributed by atoms with E-state index in [2.05, 4.69) is 27.8 Å². The molecule has 1 aromatic carbocycles. The molecule has 2 heterocycles. The van der Waals surface area contributed by atoms with Gasteiger partial charge in [-0.2, -0.15) is 0 Å². The van der Waals surface area contributed by atoms with Crippen molar-refractivity contribution in [1.29, 1.82) is 0 Å². The van der Waals surface area contributed by atoms with Crippen LogP contribution in [0, 0.1) is 13.8 Å². The molecule has 3 aromatic rings. The summed E-state index contributed by atoms with van der Waals surface area (Å²) in [5.41, 5.74) is 3.14. The molecule has 0 aliphatic heterocycles. The lowest BCUT2D eigenvalue weighted by molar-refractivity contribution is 0.174. The van der Waals surface area contributed by atoms with Crippen molar-refractivity contribution in [3.8, 4) is 0 Å². The minimum absolute atomic E-state index is 0.487. The Kier molecular flexibility index (Phi) is 4.05.